The lowest BCUT2D eigenvalue weighted by Gasteiger charge is -2.08. The number of imide groups is 1. The molecule has 0 fully saturated rings. The number of fused-ring (bicyclic) bond motifs is 1. The maximum Gasteiger partial charge on any atom is 0.415 e. The van der Waals surface area contributed by atoms with Crippen molar-refractivity contribution < 1.29 is 24.2 Å². The molecule has 27 heavy (non-hydrogen) atoms. The highest BCUT2D eigenvalue weighted by molar-refractivity contribution is 5.98. The van der Waals surface area contributed by atoms with Crippen LogP contribution >= 0.6 is 0 Å². The summed E-state index contributed by atoms with van der Waals surface area (Å²) >= 11 is 0. The number of carbonyl (C=O) groups excluding carboxylic acids is 2. The second kappa shape index (κ2) is 7.52. The van der Waals surface area contributed by atoms with Gasteiger partial charge in [0.05, 0.1) is 26.1 Å². The number of hydrogen-bond donors (Lipinski definition) is 3. The number of phenolic OH excluding ortho intramolecular Hbond substituents is 1. The zero-order valence-electron chi connectivity index (χ0n) is 14.4. The number of carbonyl (C=O) groups is 2. The first kappa shape index (κ1) is 17.9. The number of urea groups is 1. The van der Waals surface area contributed by atoms with E-state index in [1.165, 1.54) is 19.4 Å². The van der Waals surface area contributed by atoms with Crippen molar-refractivity contribution in [2.45, 2.75) is 0 Å². The summed E-state index contributed by atoms with van der Waals surface area (Å²) in [6, 6.07) is 7.49. The quantitative estimate of drug-likeness (QED) is 0.640. The van der Waals surface area contributed by atoms with E-state index in [1.807, 2.05) is 5.32 Å². The number of phenols is 1. The summed E-state index contributed by atoms with van der Waals surface area (Å²) in [4.78, 5) is 35.5. The smallest absolute Gasteiger partial charge is 0.415 e. The molecule has 2 aromatic heterocycles. The molecule has 10 heteroatoms. The van der Waals surface area contributed by atoms with E-state index in [-0.39, 0.29) is 17.2 Å². The molecule has 0 saturated carbocycles. The number of aromatic hydroxyl groups is 1. The normalized spacial score (nSPS) is 10.3. The minimum atomic E-state index is -0.900. The van der Waals surface area contributed by atoms with Crippen molar-refractivity contribution in [3.63, 3.8) is 0 Å². The third-order valence-corrected chi connectivity index (χ3v) is 3.52. The molecule has 1 aromatic carbocycles. The number of ether oxygens (including phenoxy) is 2. The lowest BCUT2D eigenvalue weighted by molar-refractivity contribution is 0.172. The van der Waals surface area contributed by atoms with E-state index in [0.29, 0.717) is 22.5 Å². The number of aromatic nitrogens is 3. The van der Waals surface area contributed by atoms with Crippen molar-refractivity contribution in [3.8, 4) is 22.8 Å². The number of pyridine rings is 1. The van der Waals surface area contributed by atoms with Crippen LogP contribution in [0.3, 0.4) is 0 Å². The number of benzene rings is 1. The second-order valence-corrected chi connectivity index (χ2v) is 5.25. The van der Waals surface area contributed by atoms with Gasteiger partial charge < -0.3 is 14.6 Å². The minimum absolute atomic E-state index is 0.0185. The third kappa shape index (κ3) is 4.00. The van der Waals surface area contributed by atoms with E-state index in [0.717, 1.165) is 7.11 Å². The van der Waals surface area contributed by atoms with Crippen molar-refractivity contribution in [3.05, 3.63) is 36.5 Å². The van der Waals surface area contributed by atoms with E-state index in [9.17, 15) is 14.7 Å². The molecule has 0 unspecified atom stereocenters. The number of rotatable bonds is 3. The lowest BCUT2D eigenvalue weighted by atomic mass is 10.1. The summed E-state index contributed by atoms with van der Waals surface area (Å²) in [5, 5.41) is 14.0. The lowest BCUT2D eigenvalue weighted by Crippen LogP contribution is -2.34. The van der Waals surface area contributed by atoms with Crippen LogP contribution in [-0.2, 0) is 4.74 Å². The van der Waals surface area contributed by atoms with Gasteiger partial charge in [0, 0.05) is 5.56 Å². The van der Waals surface area contributed by atoms with Crippen LogP contribution in [-0.4, -0.2) is 46.4 Å². The fraction of sp³-hybridized carbons (Fsp3) is 0.118. The average molecular weight is 369 g/mol. The van der Waals surface area contributed by atoms with E-state index in [1.54, 1.807) is 24.3 Å². The van der Waals surface area contributed by atoms with Gasteiger partial charge in [-0.05, 0) is 30.3 Å². The molecule has 0 aliphatic carbocycles. The van der Waals surface area contributed by atoms with Crippen LogP contribution in [0.1, 0.15) is 0 Å². The molecule has 3 rings (SSSR count). The molecule has 3 aromatic rings. The molecule has 138 valence electrons. The molecular formula is C17H15N5O5. The Morgan fingerprint density at radius 1 is 1.11 bits per heavy atom. The fourth-order valence-corrected chi connectivity index (χ4v) is 2.25. The Balaban J connectivity index is 1.90. The summed E-state index contributed by atoms with van der Waals surface area (Å²) in [5.74, 6) is 0.442. The van der Waals surface area contributed by atoms with Crippen molar-refractivity contribution in [2.75, 3.05) is 19.5 Å². The number of nitrogens with one attached hydrogen (secondary N) is 2. The predicted octanol–water partition coefficient (Wildman–Crippen LogP) is 2.29. The van der Waals surface area contributed by atoms with Crippen molar-refractivity contribution in [1.82, 2.24) is 20.3 Å². The number of nitrogens with zero attached hydrogens (tertiary/aromatic N) is 3. The zero-order valence-corrected chi connectivity index (χ0v) is 14.4. The van der Waals surface area contributed by atoms with Gasteiger partial charge in [0.15, 0.2) is 23.0 Å². The van der Waals surface area contributed by atoms with E-state index in [4.69, 9.17) is 4.74 Å². The molecule has 10 nitrogen and oxygen atoms in total. The highest BCUT2D eigenvalue weighted by atomic mass is 16.5. The van der Waals surface area contributed by atoms with Gasteiger partial charge in [-0.2, -0.15) is 0 Å². The highest BCUT2D eigenvalue weighted by Gasteiger charge is 2.11. The molecule has 0 bridgehead atoms. The monoisotopic (exact) mass is 369 g/mol. The Hall–Kier alpha value is -3.95. The van der Waals surface area contributed by atoms with Crippen LogP contribution < -0.4 is 15.4 Å². The molecular weight excluding hydrogens is 354 g/mol. The fourth-order valence-electron chi connectivity index (χ4n) is 2.25. The predicted molar refractivity (Wildman–Crippen MR) is 95.5 cm³/mol. The maximum atomic E-state index is 11.7. The number of hydrogen-bond acceptors (Lipinski definition) is 8. The van der Waals surface area contributed by atoms with Gasteiger partial charge in [-0.25, -0.2) is 29.9 Å². The van der Waals surface area contributed by atoms with Gasteiger partial charge in [-0.3, -0.25) is 5.32 Å². The molecule has 2 heterocycles. The van der Waals surface area contributed by atoms with Crippen molar-refractivity contribution in [2.24, 2.45) is 0 Å². The van der Waals surface area contributed by atoms with Crippen molar-refractivity contribution >= 4 is 29.1 Å². The minimum Gasteiger partial charge on any atom is -0.504 e. The topological polar surface area (TPSA) is 136 Å². The van der Waals surface area contributed by atoms with Gasteiger partial charge in [-0.1, -0.05) is 0 Å². The van der Waals surface area contributed by atoms with Crippen LogP contribution in [0, 0.1) is 0 Å². The third-order valence-electron chi connectivity index (χ3n) is 3.52. The molecule has 0 spiro atoms. The molecule has 3 N–H and O–H groups in total. The Morgan fingerprint density at radius 2 is 1.93 bits per heavy atom. The Labute approximate surface area is 153 Å². The standard InChI is InChI=1S/C17H15N5O5/c1-26-13-7-9(3-6-12(13)23)10-4-5-11-15(19-10)20-14(8-18-11)21-16(24)22-17(25)27-2/h3-8,23H,1-2H3,(H2,19,20,21,22,24,25). The largest absolute Gasteiger partial charge is 0.504 e. The zero-order chi connectivity index (χ0) is 19.4. The molecule has 0 aliphatic heterocycles. The van der Waals surface area contributed by atoms with Crippen LogP contribution in [0.15, 0.2) is 36.5 Å². The molecule has 0 aliphatic rings. The van der Waals surface area contributed by atoms with Crippen molar-refractivity contribution in [1.29, 1.82) is 0 Å². The first-order valence-electron chi connectivity index (χ1n) is 7.67. The van der Waals surface area contributed by atoms with Gasteiger partial charge >= 0.3 is 12.1 Å². The highest BCUT2D eigenvalue weighted by Crippen LogP contribution is 2.31. The summed E-state index contributed by atoms with van der Waals surface area (Å²) in [7, 11) is 2.59. The first-order chi connectivity index (χ1) is 13.0. The van der Waals surface area contributed by atoms with E-state index < -0.39 is 12.1 Å². The van der Waals surface area contributed by atoms with Crippen LogP contribution in [0.5, 0.6) is 11.5 Å². The summed E-state index contributed by atoms with van der Waals surface area (Å²) in [5.41, 5.74) is 2.08. The summed E-state index contributed by atoms with van der Waals surface area (Å²) < 4.78 is 9.43. The van der Waals surface area contributed by atoms with Gasteiger partial charge in [0.2, 0.25) is 0 Å². The second-order valence-electron chi connectivity index (χ2n) is 5.25. The summed E-state index contributed by atoms with van der Waals surface area (Å²) in [6.45, 7) is 0. The van der Waals surface area contributed by atoms with Crippen LogP contribution in [0.2, 0.25) is 0 Å². The average Bonchev–Trinajstić information content (AvgIpc) is 2.67. The molecule has 3 amide bonds. The van der Waals surface area contributed by atoms with Crippen LogP contribution in [0.4, 0.5) is 15.4 Å². The Kier molecular flexibility index (Phi) is 4.97. The molecule has 0 radical (unpaired) electrons. The first-order valence-corrected chi connectivity index (χ1v) is 7.67. The SMILES string of the molecule is COC(=O)NC(=O)Nc1cnc2ccc(-c3ccc(O)c(OC)c3)nc2n1. The Bertz CT molecular complexity index is 1020. The number of alkyl carbamates (subject to hydrolysis) is 1. The number of methoxy groups -OCH3 is 2. The summed E-state index contributed by atoms with van der Waals surface area (Å²) in [6.07, 6.45) is 0.437. The number of anilines is 1. The van der Waals surface area contributed by atoms with Crippen LogP contribution in [0.25, 0.3) is 22.4 Å². The Morgan fingerprint density at radius 3 is 2.67 bits per heavy atom. The van der Waals surface area contributed by atoms with Gasteiger partial charge in [0.1, 0.15) is 5.52 Å². The van der Waals surface area contributed by atoms with E-state index >= 15 is 0 Å². The van der Waals surface area contributed by atoms with E-state index in [2.05, 4.69) is 25.0 Å². The van der Waals surface area contributed by atoms with Gasteiger partial charge in [0.25, 0.3) is 0 Å². The number of amides is 3. The van der Waals surface area contributed by atoms with Gasteiger partial charge in [-0.15, -0.1) is 0 Å². The maximum absolute atomic E-state index is 11.7. The molecule has 0 atom stereocenters. The molecule has 0 saturated heterocycles.